The summed E-state index contributed by atoms with van der Waals surface area (Å²) in [6, 6.07) is 9.42. The Balaban J connectivity index is 1.65. The number of methoxy groups -OCH3 is 1. The van der Waals surface area contributed by atoms with Gasteiger partial charge in [-0.3, -0.25) is 14.9 Å². The maximum atomic E-state index is 12.2. The first-order valence-corrected chi connectivity index (χ1v) is 8.67. The summed E-state index contributed by atoms with van der Waals surface area (Å²) >= 11 is 1.11. The van der Waals surface area contributed by atoms with Gasteiger partial charge in [0, 0.05) is 6.20 Å². The van der Waals surface area contributed by atoms with Crippen molar-refractivity contribution in [2.75, 3.05) is 18.2 Å². The Morgan fingerprint density at radius 2 is 2.22 bits per heavy atom. The third kappa shape index (κ3) is 4.61. The molecule has 0 aliphatic carbocycles. The fourth-order valence-corrected chi connectivity index (χ4v) is 2.81. The Morgan fingerprint density at radius 1 is 1.37 bits per heavy atom. The molecule has 0 aliphatic heterocycles. The first-order valence-electron chi connectivity index (χ1n) is 7.69. The topological polar surface area (TPSA) is 120 Å². The van der Waals surface area contributed by atoms with Crippen LogP contribution in [0.5, 0.6) is 5.75 Å². The summed E-state index contributed by atoms with van der Waals surface area (Å²) < 4.78 is 10.2. The molecule has 1 aromatic carbocycles. The molecule has 3 aromatic rings. The minimum Gasteiger partial charge on any atom is -0.496 e. The summed E-state index contributed by atoms with van der Waals surface area (Å²) in [7, 11) is 1.41. The number of anilines is 1. The molecule has 1 amide bonds. The van der Waals surface area contributed by atoms with E-state index in [9.17, 15) is 14.9 Å². The number of benzene rings is 1. The van der Waals surface area contributed by atoms with Crippen molar-refractivity contribution in [2.45, 2.75) is 5.16 Å². The van der Waals surface area contributed by atoms with E-state index in [1.165, 1.54) is 25.3 Å². The number of rotatable bonds is 7. The van der Waals surface area contributed by atoms with Gasteiger partial charge in [-0.25, -0.2) is 9.97 Å². The summed E-state index contributed by atoms with van der Waals surface area (Å²) in [5.41, 5.74) is 0.448. The number of nitro groups is 1. The van der Waals surface area contributed by atoms with E-state index >= 15 is 0 Å². The Kier molecular flexibility index (Phi) is 5.67. The lowest BCUT2D eigenvalue weighted by Crippen LogP contribution is -2.15. The second-order valence-electron chi connectivity index (χ2n) is 5.18. The van der Waals surface area contributed by atoms with E-state index in [0.717, 1.165) is 11.8 Å². The molecule has 1 N–H and O–H groups in total. The average Bonchev–Trinajstić information content (AvgIpc) is 3.21. The number of ether oxygens (including phenoxy) is 1. The zero-order valence-corrected chi connectivity index (χ0v) is 14.9. The van der Waals surface area contributed by atoms with E-state index in [0.29, 0.717) is 22.4 Å². The van der Waals surface area contributed by atoms with Gasteiger partial charge in [-0.1, -0.05) is 11.8 Å². The molecule has 0 aliphatic rings. The van der Waals surface area contributed by atoms with Gasteiger partial charge >= 0.3 is 0 Å². The molecular weight excluding hydrogens is 372 g/mol. The van der Waals surface area contributed by atoms with Crippen LogP contribution in [0.15, 0.2) is 58.4 Å². The predicted octanol–water partition coefficient (Wildman–Crippen LogP) is 3.38. The number of nitro benzene ring substituents is 1. The number of carbonyl (C=O) groups is 1. The van der Waals surface area contributed by atoms with Crippen LogP contribution in [0.25, 0.3) is 11.5 Å². The monoisotopic (exact) mass is 386 g/mol. The van der Waals surface area contributed by atoms with E-state index in [1.54, 1.807) is 30.7 Å². The molecule has 0 unspecified atom stereocenters. The first kappa shape index (κ1) is 18.4. The van der Waals surface area contributed by atoms with E-state index in [-0.39, 0.29) is 17.1 Å². The highest BCUT2D eigenvalue weighted by atomic mass is 32.2. The van der Waals surface area contributed by atoms with E-state index in [4.69, 9.17) is 9.15 Å². The Morgan fingerprint density at radius 3 is 2.93 bits per heavy atom. The summed E-state index contributed by atoms with van der Waals surface area (Å²) in [5, 5.41) is 14.1. The largest absolute Gasteiger partial charge is 0.496 e. The van der Waals surface area contributed by atoms with Crippen molar-refractivity contribution in [2.24, 2.45) is 0 Å². The lowest BCUT2D eigenvalue weighted by atomic mass is 10.2. The van der Waals surface area contributed by atoms with E-state index in [1.807, 2.05) is 0 Å². The van der Waals surface area contributed by atoms with Gasteiger partial charge in [0.05, 0.1) is 30.1 Å². The Hall–Kier alpha value is -3.40. The summed E-state index contributed by atoms with van der Waals surface area (Å²) in [6.07, 6.45) is 3.11. The first-order chi connectivity index (χ1) is 13.1. The van der Waals surface area contributed by atoms with Crippen molar-refractivity contribution in [1.82, 2.24) is 9.97 Å². The van der Waals surface area contributed by atoms with Crippen LogP contribution in [-0.2, 0) is 4.79 Å². The minimum absolute atomic E-state index is 0.00914. The van der Waals surface area contributed by atoms with Crippen LogP contribution in [0, 0.1) is 10.1 Å². The van der Waals surface area contributed by atoms with Gasteiger partial charge in [-0.2, -0.15) is 0 Å². The van der Waals surface area contributed by atoms with Crippen molar-refractivity contribution in [1.29, 1.82) is 0 Å². The summed E-state index contributed by atoms with van der Waals surface area (Å²) in [6.45, 7) is 0. The van der Waals surface area contributed by atoms with Crippen molar-refractivity contribution >= 4 is 29.0 Å². The standard InChI is InChI=1S/C17H14N4O5S/c1-25-11-4-5-12(14(9-11)21(23)24)19-16(22)10-27-17-18-7-6-13(20-17)15-3-2-8-26-15/h2-9H,10H2,1H3,(H,19,22). The maximum Gasteiger partial charge on any atom is 0.296 e. The molecule has 10 heteroatoms. The predicted molar refractivity (Wildman–Crippen MR) is 98.7 cm³/mol. The molecule has 0 spiro atoms. The summed E-state index contributed by atoms with van der Waals surface area (Å²) in [4.78, 5) is 31.2. The number of aromatic nitrogens is 2. The van der Waals surface area contributed by atoms with Crippen molar-refractivity contribution in [3.63, 3.8) is 0 Å². The van der Waals surface area contributed by atoms with Gasteiger partial charge < -0.3 is 14.5 Å². The van der Waals surface area contributed by atoms with Gasteiger partial charge in [0.1, 0.15) is 17.1 Å². The number of nitrogens with one attached hydrogen (secondary N) is 1. The van der Waals surface area contributed by atoms with Crippen molar-refractivity contribution < 1.29 is 18.9 Å². The molecule has 0 bridgehead atoms. The quantitative estimate of drug-likeness (QED) is 0.284. The van der Waals surface area contributed by atoms with Crippen LogP contribution < -0.4 is 10.1 Å². The Bertz CT molecular complexity index is 962. The number of hydrogen-bond donors (Lipinski definition) is 1. The number of furan rings is 1. The molecule has 0 atom stereocenters. The van der Waals surface area contributed by atoms with Crippen molar-refractivity contribution in [3.05, 3.63) is 59.0 Å². The molecule has 138 valence electrons. The van der Waals surface area contributed by atoms with Gasteiger partial charge in [-0.05, 0) is 30.3 Å². The summed E-state index contributed by atoms with van der Waals surface area (Å²) in [5.74, 6) is 0.500. The number of carbonyl (C=O) groups excluding carboxylic acids is 1. The normalized spacial score (nSPS) is 10.4. The van der Waals surface area contributed by atoms with Crippen LogP contribution in [-0.4, -0.2) is 33.7 Å². The highest BCUT2D eigenvalue weighted by molar-refractivity contribution is 7.99. The molecule has 0 saturated heterocycles. The molecule has 27 heavy (non-hydrogen) atoms. The lowest BCUT2D eigenvalue weighted by molar-refractivity contribution is -0.384. The number of hydrogen-bond acceptors (Lipinski definition) is 8. The van der Waals surface area contributed by atoms with Gasteiger partial charge in [0.15, 0.2) is 10.9 Å². The fraction of sp³-hybridized carbons (Fsp3) is 0.118. The molecule has 0 fully saturated rings. The van der Waals surface area contributed by atoms with Gasteiger partial charge in [0.2, 0.25) is 5.91 Å². The highest BCUT2D eigenvalue weighted by Crippen LogP contribution is 2.29. The van der Waals surface area contributed by atoms with Crippen LogP contribution in [0.4, 0.5) is 11.4 Å². The number of amides is 1. The molecule has 9 nitrogen and oxygen atoms in total. The van der Waals surface area contributed by atoms with Gasteiger partial charge in [0.25, 0.3) is 5.69 Å². The molecular formula is C17H14N4O5S. The average molecular weight is 386 g/mol. The Labute approximate surface area is 157 Å². The second-order valence-corrected chi connectivity index (χ2v) is 6.12. The van der Waals surface area contributed by atoms with Crippen molar-refractivity contribution in [3.8, 4) is 17.2 Å². The third-order valence-electron chi connectivity index (χ3n) is 3.42. The minimum atomic E-state index is -0.582. The number of nitrogens with zero attached hydrogens (tertiary/aromatic N) is 3. The fourth-order valence-electron chi connectivity index (χ4n) is 2.18. The maximum absolute atomic E-state index is 12.2. The smallest absolute Gasteiger partial charge is 0.296 e. The van der Waals surface area contributed by atoms with Crippen LogP contribution in [0.2, 0.25) is 0 Å². The van der Waals surface area contributed by atoms with Crippen LogP contribution >= 0.6 is 11.8 Å². The third-order valence-corrected chi connectivity index (χ3v) is 4.28. The second kappa shape index (κ2) is 8.32. The number of thioether (sulfide) groups is 1. The molecule has 0 saturated carbocycles. The van der Waals surface area contributed by atoms with Crippen LogP contribution in [0.1, 0.15) is 0 Å². The zero-order valence-electron chi connectivity index (χ0n) is 14.1. The SMILES string of the molecule is COc1ccc(NC(=O)CSc2nccc(-c3ccco3)n2)c([N+](=O)[O-])c1. The van der Waals surface area contributed by atoms with E-state index in [2.05, 4.69) is 15.3 Å². The molecule has 0 radical (unpaired) electrons. The molecule has 3 rings (SSSR count). The molecule has 2 aromatic heterocycles. The highest BCUT2D eigenvalue weighted by Gasteiger charge is 2.17. The van der Waals surface area contributed by atoms with E-state index < -0.39 is 10.8 Å². The lowest BCUT2D eigenvalue weighted by Gasteiger charge is -2.07. The zero-order chi connectivity index (χ0) is 19.2. The molecule has 2 heterocycles. The van der Waals surface area contributed by atoms with Gasteiger partial charge in [-0.15, -0.1) is 0 Å². The van der Waals surface area contributed by atoms with Crippen LogP contribution in [0.3, 0.4) is 0 Å².